The minimum Gasteiger partial charge on any atom is -0.426 e. The van der Waals surface area contributed by atoms with Crippen LogP contribution in [0.3, 0.4) is 0 Å². The Hall–Kier alpha value is -0.791. The number of para-hydroxylation sites is 1. The number of esters is 1. The summed E-state index contributed by atoms with van der Waals surface area (Å²) in [4.78, 5) is 11.5. The second kappa shape index (κ2) is 7.28. The van der Waals surface area contributed by atoms with Crippen molar-refractivity contribution in [3.8, 4) is 5.75 Å². The summed E-state index contributed by atoms with van der Waals surface area (Å²) in [6.07, 6.45) is 15.6. The SMILES string of the molecule is O=C1Oc2ccccc2[C]2[CH][CH][CH][C]21.[CH]1[CH][CH][CH][CH]1.[Fe+2]. The topological polar surface area (TPSA) is 26.3 Å². The molecule has 0 aromatic heterocycles. The largest absolute Gasteiger partial charge is 2.00 e. The van der Waals surface area contributed by atoms with Crippen LogP contribution in [-0.2, 0) is 21.9 Å². The van der Waals surface area contributed by atoms with E-state index in [0.29, 0.717) is 11.7 Å². The monoisotopic (exact) mass is 304 g/mol. The van der Waals surface area contributed by atoms with Gasteiger partial charge in [0.15, 0.2) is 0 Å². The van der Waals surface area contributed by atoms with E-state index in [1.807, 2.05) is 69.2 Å². The van der Waals surface area contributed by atoms with E-state index in [1.54, 1.807) is 6.42 Å². The number of hydrogen-bond acceptors (Lipinski definition) is 2. The van der Waals surface area contributed by atoms with Crippen molar-refractivity contribution in [3.05, 3.63) is 93.0 Å². The molecule has 0 bridgehead atoms. The molecule has 0 spiro atoms. The van der Waals surface area contributed by atoms with E-state index in [4.69, 9.17) is 4.74 Å². The molecule has 2 nitrogen and oxygen atoms in total. The molecule has 2 saturated carbocycles. The molecular formula is C17H12FeO2+2. The van der Waals surface area contributed by atoms with Gasteiger partial charge in [-0.3, -0.25) is 4.79 Å². The van der Waals surface area contributed by atoms with Crippen molar-refractivity contribution in [2.45, 2.75) is 0 Å². The molecule has 3 aliphatic rings. The summed E-state index contributed by atoms with van der Waals surface area (Å²) in [6, 6.07) is 7.57. The second-order valence-electron chi connectivity index (χ2n) is 4.20. The van der Waals surface area contributed by atoms with Gasteiger partial charge in [-0.1, -0.05) is 18.2 Å². The Kier molecular flexibility index (Phi) is 5.68. The first-order valence-corrected chi connectivity index (χ1v) is 6.10. The number of carbonyl (C=O) groups is 1. The Morgan fingerprint density at radius 2 is 1.35 bits per heavy atom. The van der Waals surface area contributed by atoms with Gasteiger partial charge in [-0.05, 0) is 57.4 Å². The third kappa shape index (κ3) is 3.27. The van der Waals surface area contributed by atoms with Crippen molar-refractivity contribution in [2.75, 3.05) is 0 Å². The Balaban J connectivity index is 0.000000210. The average Bonchev–Trinajstić information content (AvgIpc) is 3.14. The molecule has 0 amide bonds. The average molecular weight is 304 g/mol. The molecule has 1 aromatic rings. The molecule has 1 heterocycles. The van der Waals surface area contributed by atoms with E-state index >= 15 is 0 Å². The predicted molar refractivity (Wildman–Crippen MR) is 72.1 cm³/mol. The van der Waals surface area contributed by atoms with E-state index < -0.39 is 0 Å². The third-order valence-corrected chi connectivity index (χ3v) is 2.97. The van der Waals surface area contributed by atoms with Gasteiger partial charge in [0.25, 0.3) is 0 Å². The molecule has 1 aliphatic heterocycles. The van der Waals surface area contributed by atoms with Crippen molar-refractivity contribution in [1.29, 1.82) is 0 Å². The van der Waals surface area contributed by atoms with Crippen LogP contribution in [0, 0.1) is 63.2 Å². The maximum absolute atomic E-state index is 11.5. The summed E-state index contributed by atoms with van der Waals surface area (Å²) >= 11 is 0. The zero-order chi connectivity index (χ0) is 13.1. The third-order valence-electron chi connectivity index (χ3n) is 2.97. The van der Waals surface area contributed by atoms with Crippen LogP contribution in [0.25, 0.3) is 0 Å². The van der Waals surface area contributed by atoms with Crippen molar-refractivity contribution in [1.82, 2.24) is 0 Å². The minimum atomic E-state index is -0.260. The molecule has 98 valence electrons. The van der Waals surface area contributed by atoms with Gasteiger partial charge in [-0.2, -0.15) is 0 Å². The molecule has 0 atom stereocenters. The molecule has 4 rings (SSSR count). The Labute approximate surface area is 131 Å². The first kappa shape index (κ1) is 15.6. The molecule has 0 saturated heterocycles. The van der Waals surface area contributed by atoms with E-state index in [0.717, 1.165) is 11.5 Å². The minimum absolute atomic E-state index is 0. The molecule has 3 heteroatoms. The molecule has 0 N–H and O–H groups in total. The fourth-order valence-corrected chi connectivity index (χ4v) is 2.09. The van der Waals surface area contributed by atoms with Crippen LogP contribution >= 0.6 is 0 Å². The van der Waals surface area contributed by atoms with Crippen LogP contribution in [0.5, 0.6) is 5.75 Å². The van der Waals surface area contributed by atoms with Crippen molar-refractivity contribution < 1.29 is 26.6 Å². The molecule has 2 fully saturated rings. The molecular weight excluding hydrogens is 292 g/mol. The summed E-state index contributed by atoms with van der Waals surface area (Å²) in [5.41, 5.74) is 0.993. The zero-order valence-corrected chi connectivity index (χ0v) is 11.7. The molecule has 20 heavy (non-hydrogen) atoms. The van der Waals surface area contributed by atoms with Crippen LogP contribution in [-0.4, -0.2) is 5.97 Å². The van der Waals surface area contributed by atoms with Crippen molar-refractivity contribution >= 4 is 5.97 Å². The summed E-state index contributed by atoms with van der Waals surface area (Å²) < 4.78 is 5.18. The van der Waals surface area contributed by atoms with Gasteiger partial charge < -0.3 is 4.74 Å². The van der Waals surface area contributed by atoms with Crippen LogP contribution < -0.4 is 4.74 Å². The van der Waals surface area contributed by atoms with Crippen molar-refractivity contribution in [3.63, 3.8) is 0 Å². The Bertz CT molecular complexity index is 446. The van der Waals surface area contributed by atoms with Crippen molar-refractivity contribution in [2.24, 2.45) is 0 Å². The first-order valence-electron chi connectivity index (χ1n) is 6.10. The summed E-state index contributed by atoms with van der Waals surface area (Å²) in [7, 11) is 0. The van der Waals surface area contributed by atoms with E-state index in [9.17, 15) is 4.79 Å². The number of hydrogen-bond donors (Lipinski definition) is 0. The number of carbonyl (C=O) groups excluding carboxylic acids is 1. The number of ether oxygens (including phenoxy) is 1. The van der Waals surface area contributed by atoms with Gasteiger partial charge in [-0.25, -0.2) is 0 Å². The van der Waals surface area contributed by atoms with Gasteiger partial charge in [-0.15, -0.1) is 0 Å². The molecule has 0 unspecified atom stereocenters. The summed E-state index contributed by atoms with van der Waals surface area (Å²) in [5.74, 6) is 2.01. The van der Waals surface area contributed by atoms with Crippen LogP contribution in [0.4, 0.5) is 0 Å². The van der Waals surface area contributed by atoms with Crippen LogP contribution in [0.15, 0.2) is 24.3 Å². The molecule has 1 aromatic carbocycles. The summed E-state index contributed by atoms with van der Waals surface area (Å²) in [6.45, 7) is 0. The predicted octanol–water partition coefficient (Wildman–Crippen LogP) is 2.75. The number of rotatable bonds is 0. The number of fused-ring (bicyclic) bond motifs is 3. The quantitative estimate of drug-likeness (QED) is 0.418. The maximum Gasteiger partial charge on any atom is 2.00 e. The Morgan fingerprint density at radius 1 is 0.750 bits per heavy atom. The van der Waals surface area contributed by atoms with E-state index in [-0.39, 0.29) is 23.0 Å². The standard InChI is InChI=1S/C12H7O2.C5H5.Fe/c13-12-10-6-3-5-8(10)9-4-1-2-7-11(9)14-12;1-2-4-5-3-1;/h1-7H;1-5H;/q;;+2. The normalized spacial score (nSPS) is 21.1. The fourth-order valence-electron chi connectivity index (χ4n) is 2.09. The first-order chi connectivity index (χ1) is 9.36. The zero-order valence-electron chi connectivity index (χ0n) is 10.6. The van der Waals surface area contributed by atoms with Gasteiger partial charge in [0.1, 0.15) is 11.7 Å². The maximum atomic E-state index is 11.5. The summed E-state index contributed by atoms with van der Waals surface area (Å²) in [5, 5.41) is 0. The van der Waals surface area contributed by atoms with Gasteiger partial charge in [0, 0.05) is 11.5 Å². The molecule has 10 radical (unpaired) electrons. The van der Waals surface area contributed by atoms with Crippen LogP contribution in [0.2, 0.25) is 0 Å². The molecule has 2 aliphatic carbocycles. The van der Waals surface area contributed by atoms with Gasteiger partial charge >= 0.3 is 23.0 Å². The Morgan fingerprint density at radius 3 is 2.05 bits per heavy atom. The van der Waals surface area contributed by atoms with E-state index in [2.05, 4.69) is 0 Å². The van der Waals surface area contributed by atoms with E-state index in [1.165, 1.54) is 0 Å². The second-order valence-corrected chi connectivity index (χ2v) is 4.20. The fraction of sp³-hybridized carbons (Fsp3) is 0. The smallest absolute Gasteiger partial charge is 0.426 e. The van der Waals surface area contributed by atoms with Gasteiger partial charge in [0.05, 0.1) is 0 Å². The van der Waals surface area contributed by atoms with Crippen LogP contribution in [0.1, 0.15) is 5.56 Å². The number of benzene rings is 1. The van der Waals surface area contributed by atoms with Gasteiger partial charge in [0.2, 0.25) is 0 Å².